The summed E-state index contributed by atoms with van der Waals surface area (Å²) < 4.78 is 0. The molecule has 2 aromatic heterocycles. The van der Waals surface area contributed by atoms with E-state index in [1.807, 2.05) is 12.3 Å². The Morgan fingerprint density at radius 2 is 2.33 bits per heavy atom. The molecule has 0 spiro atoms. The molecule has 0 aliphatic rings. The third-order valence-corrected chi connectivity index (χ3v) is 3.34. The molecule has 2 N–H and O–H groups in total. The first-order valence-corrected chi connectivity index (χ1v) is 5.84. The molecule has 0 saturated heterocycles. The highest BCUT2D eigenvalue weighted by Gasteiger charge is 2.10. The normalized spacial score (nSPS) is 12.7. The fraction of sp³-hybridized carbons (Fsp3) is 0.250. The Bertz CT molecular complexity index is 422. The van der Waals surface area contributed by atoms with Gasteiger partial charge in [0.25, 0.3) is 0 Å². The van der Waals surface area contributed by atoms with E-state index in [0.29, 0.717) is 0 Å². The molecule has 0 aliphatic heterocycles. The molecular weight excluding hydrogens is 204 g/mol. The van der Waals surface area contributed by atoms with E-state index in [9.17, 15) is 0 Å². The maximum absolute atomic E-state index is 6.15. The minimum Gasteiger partial charge on any atom is -0.324 e. The Balaban J connectivity index is 2.11. The minimum absolute atomic E-state index is 0.0837. The second kappa shape index (κ2) is 4.55. The molecular formula is C12H14N2S. The summed E-state index contributed by atoms with van der Waals surface area (Å²) in [5.41, 5.74) is 8.60. The first-order valence-electron chi connectivity index (χ1n) is 4.96. The Labute approximate surface area is 93.8 Å². The number of pyridine rings is 1. The third kappa shape index (κ3) is 2.43. The monoisotopic (exact) mass is 218 g/mol. The molecule has 1 unspecified atom stereocenters. The zero-order valence-electron chi connectivity index (χ0n) is 8.68. The van der Waals surface area contributed by atoms with Gasteiger partial charge in [0.2, 0.25) is 0 Å². The van der Waals surface area contributed by atoms with Crippen LogP contribution < -0.4 is 5.73 Å². The van der Waals surface area contributed by atoms with E-state index in [-0.39, 0.29) is 6.04 Å². The SMILES string of the molecule is Cc1sccc1C(N)Cc1cccnc1. The predicted molar refractivity (Wildman–Crippen MR) is 63.9 cm³/mol. The molecule has 1 atom stereocenters. The molecule has 2 nitrogen and oxygen atoms in total. The highest BCUT2D eigenvalue weighted by Crippen LogP contribution is 2.23. The van der Waals surface area contributed by atoms with Gasteiger partial charge in [-0.15, -0.1) is 11.3 Å². The van der Waals surface area contributed by atoms with Gasteiger partial charge in [-0.2, -0.15) is 0 Å². The lowest BCUT2D eigenvalue weighted by molar-refractivity contribution is 0.718. The lowest BCUT2D eigenvalue weighted by atomic mass is 10.0. The van der Waals surface area contributed by atoms with Gasteiger partial charge in [0.1, 0.15) is 0 Å². The van der Waals surface area contributed by atoms with Crippen molar-refractivity contribution >= 4 is 11.3 Å². The average molecular weight is 218 g/mol. The summed E-state index contributed by atoms with van der Waals surface area (Å²) in [5, 5.41) is 2.09. The van der Waals surface area contributed by atoms with Gasteiger partial charge in [-0.1, -0.05) is 6.07 Å². The molecule has 2 aromatic rings. The van der Waals surface area contributed by atoms with Crippen molar-refractivity contribution in [3.05, 3.63) is 52.0 Å². The molecule has 3 heteroatoms. The molecule has 2 heterocycles. The number of nitrogens with zero attached hydrogens (tertiary/aromatic N) is 1. The predicted octanol–water partition coefficient (Wildman–Crippen LogP) is 2.69. The maximum atomic E-state index is 6.15. The van der Waals surface area contributed by atoms with Crippen molar-refractivity contribution in [1.29, 1.82) is 0 Å². The molecule has 0 aliphatic carbocycles. The molecule has 0 saturated carbocycles. The van der Waals surface area contributed by atoms with Gasteiger partial charge < -0.3 is 5.73 Å². The Hall–Kier alpha value is -1.19. The van der Waals surface area contributed by atoms with E-state index in [4.69, 9.17) is 5.73 Å². The number of thiophene rings is 1. The minimum atomic E-state index is 0.0837. The van der Waals surface area contributed by atoms with E-state index in [1.54, 1.807) is 17.5 Å². The van der Waals surface area contributed by atoms with Gasteiger partial charge in [-0.3, -0.25) is 4.98 Å². The lowest BCUT2D eigenvalue weighted by Crippen LogP contribution is -2.13. The standard InChI is InChI=1S/C12H14N2S/c1-9-11(4-6-15-9)12(13)7-10-3-2-5-14-8-10/h2-6,8,12H,7,13H2,1H3. The van der Waals surface area contributed by atoms with Gasteiger partial charge in [-0.25, -0.2) is 0 Å². The Morgan fingerprint density at radius 1 is 1.47 bits per heavy atom. The fourth-order valence-corrected chi connectivity index (χ4v) is 2.44. The molecule has 0 fully saturated rings. The molecule has 2 rings (SSSR count). The molecule has 78 valence electrons. The highest BCUT2D eigenvalue weighted by atomic mass is 32.1. The molecule has 15 heavy (non-hydrogen) atoms. The third-order valence-electron chi connectivity index (χ3n) is 2.48. The zero-order valence-corrected chi connectivity index (χ0v) is 9.50. The second-order valence-corrected chi connectivity index (χ2v) is 4.72. The summed E-state index contributed by atoms with van der Waals surface area (Å²) in [7, 11) is 0. The van der Waals surface area contributed by atoms with Gasteiger partial charge in [0, 0.05) is 23.3 Å². The van der Waals surface area contributed by atoms with Crippen LogP contribution in [-0.2, 0) is 6.42 Å². The van der Waals surface area contributed by atoms with Crippen molar-refractivity contribution in [1.82, 2.24) is 4.98 Å². The van der Waals surface area contributed by atoms with Gasteiger partial charge in [-0.05, 0) is 42.0 Å². The topological polar surface area (TPSA) is 38.9 Å². The van der Waals surface area contributed by atoms with Crippen LogP contribution >= 0.6 is 11.3 Å². The number of aryl methyl sites for hydroxylation is 1. The fourth-order valence-electron chi connectivity index (χ4n) is 1.66. The van der Waals surface area contributed by atoms with Crippen molar-refractivity contribution in [2.45, 2.75) is 19.4 Å². The summed E-state index contributed by atoms with van der Waals surface area (Å²) in [6.07, 6.45) is 4.51. The van der Waals surface area contributed by atoms with Crippen LogP contribution in [-0.4, -0.2) is 4.98 Å². The van der Waals surface area contributed by atoms with E-state index in [0.717, 1.165) is 6.42 Å². The van der Waals surface area contributed by atoms with Gasteiger partial charge in [0.15, 0.2) is 0 Å². The molecule has 0 amide bonds. The van der Waals surface area contributed by atoms with Crippen molar-refractivity contribution in [3.8, 4) is 0 Å². The molecule has 0 aromatic carbocycles. The number of hydrogen-bond donors (Lipinski definition) is 1. The van der Waals surface area contributed by atoms with Crippen molar-refractivity contribution in [2.24, 2.45) is 5.73 Å². The van der Waals surface area contributed by atoms with Crippen molar-refractivity contribution in [3.63, 3.8) is 0 Å². The summed E-state index contributed by atoms with van der Waals surface area (Å²) in [5.74, 6) is 0. The number of rotatable bonds is 3. The number of aromatic nitrogens is 1. The van der Waals surface area contributed by atoms with E-state index in [2.05, 4.69) is 29.4 Å². The van der Waals surface area contributed by atoms with E-state index >= 15 is 0 Å². The summed E-state index contributed by atoms with van der Waals surface area (Å²) >= 11 is 1.75. The first-order chi connectivity index (χ1) is 7.27. The zero-order chi connectivity index (χ0) is 10.7. The van der Waals surface area contributed by atoms with Crippen molar-refractivity contribution < 1.29 is 0 Å². The first kappa shape index (κ1) is 10.3. The van der Waals surface area contributed by atoms with Crippen LogP contribution in [0.1, 0.15) is 22.0 Å². The Morgan fingerprint density at radius 3 is 2.93 bits per heavy atom. The van der Waals surface area contributed by atoms with E-state index < -0.39 is 0 Å². The maximum Gasteiger partial charge on any atom is 0.0347 e. The van der Waals surface area contributed by atoms with Crippen LogP contribution in [0.25, 0.3) is 0 Å². The quantitative estimate of drug-likeness (QED) is 0.860. The average Bonchev–Trinajstić information content (AvgIpc) is 2.66. The number of nitrogens with two attached hydrogens (primary N) is 1. The summed E-state index contributed by atoms with van der Waals surface area (Å²) in [6, 6.07) is 6.21. The van der Waals surface area contributed by atoms with Crippen LogP contribution in [0.2, 0.25) is 0 Å². The smallest absolute Gasteiger partial charge is 0.0347 e. The lowest BCUT2D eigenvalue weighted by Gasteiger charge is -2.11. The number of hydrogen-bond acceptors (Lipinski definition) is 3. The highest BCUT2D eigenvalue weighted by molar-refractivity contribution is 7.10. The summed E-state index contributed by atoms with van der Waals surface area (Å²) in [4.78, 5) is 5.40. The molecule has 0 radical (unpaired) electrons. The molecule has 0 bridgehead atoms. The van der Waals surface area contributed by atoms with Crippen LogP contribution in [0, 0.1) is 6.92 Å². The van der Waals surface area contributed by atoms with Gasteiger partial charge in [0.05, 0.1) is 0 Å². The van der Waals surface area contributed by atoms with Crippen LogP contribution in [0.5, 0.6) is 0 Å². The van der Waals surface area contributed by atoms with Crippen LogP contribution in [0.15, 0.2) is 36.0 Å². The Kier molecular flexibility index (Phi) is 3.14. The van der Waals surface area contributed by atoms with Crippen LogP contribution in [0.3, 0.4) is 0 Å². The second-order valence-electron chi connectivity index (χ2n) is 3.60. The van der Waals surface area contributed by atoms with Gasteiger partial charge >= 0.3 is 0 Å². The largest absolute Gasteiger partial charge is 0.324 e. The van der Waals surface area contributed by atoms with Crippen LogP contribution in [0.4, 0.5) is 0 Å². The summed E-state index contributed by atoms with van der Waals surface area (Å²) in [6.45, 7) is 2.11. The van der Waals surface area contributed by atoms with Crippen molar-refractivity contribution in [2.75, 3.05) is 0 Å². The van der Waals surface area contributed by atoms with E-state index in [1.165, 1.54) is 16.0 Å².